The number of nitriles is 1. The number of nitrogens with zero attached hydrogens (tertiary/aromatic N) is 3. The first kappa shape index (κ1) is 18.7. The van der Waals surface area contributed by atoms with Gasteiger partial charge in [-0.15, -0.1) is 11.3 Å². The number of halogens is 1. The molecule has 6 nitrogen and oxygen atoms in total. The Balaban J connectivity index is 1.84. The van der Waals surface area contributed by atoms with Crippen LogP contribution in [-0.4, -0.2) is 24.9 Å². The number of rotatable bonds is 6. The van der Waals surface area contributed by atoms with Crippen LogP contribution in [0.25, 0.3) is 11.3 Å². The largest absolute Gasteiger partial charge is 0.497 e. The summed E-state index contributed by atoms with van der Waals surface area (Å²) in [6.45, 7) is 0. The van der Waals surface area contributed by atoms with Crippen LogP contribution in [0, 0.1) is 11.3 Å². The number of ether oxygens (including phenoxy) is 2. The predicted molar refractivity (Wildman–Crippen MR) is 108 cm³/mol. The Morgan fingerprint density at radius 1 is 1.19 bits per heavy atom. The van der Waals surface area contributed by atoms with Gasteiger partial charge in [-0.05, 0) is 42.5 Å². The zero-order valence-electron chi connectivity index (χ0n) is 14.6. The van der Waals surface area contributed by atoms with Gasteiger partial charge in [0.1, 0.15) is 17.6 Å². The van der Waals surface area contributed by atoms with Gasteiger partial charge in [0, 0.05) is 16.0 Å². The number of nitrogens with one attached hydrogen (secondary N) is 1. The quantitative estimate of drug-likeness (QED) is 0.475. The number of methoxy groups -OCH3 is 2. The van der Waals surface area contributed by atoms with Crippen LogP contribution in [0.4, 0.5) is 5.69 Å². The Kier molecular flexibility index (Phi) is 5.91. The number of aromatic nitrogens is 1. The van der Waals surface area contributed by atoms with Gasteiger partial charge < -0.3 is 9.47 Å². The third kappa shape index (κ3) is 4.37. The van der Waals surface area contributed by atoms with E-state index >= 15 is 0 Å². The van der Waals surface area contributed by atoms with Crippen LogP contribution >= 0.6 is 22.9 Å². The molecule has 0 amide bonds. The molecule has 2 aromatic carbocycles. The van der Waals surface area contributed by atoms with Crippen molar-refractivity contribution in [3.63, 3.8) is 0 Å². The van der Waals surface area contributed by atoms with Crippen LogP contribution in [-0.2, 0) is 0 Å². The lowest BCUT2D eigenvalue weighted by molar-refractivity contribution is 0.415. The molecule has 0 radical (unpaired) electrons. The Hall–Kier alpha value is -3.08. The van der Waals surface area contributed by atoms with E-state index in [-0.39, 0.29) is 5.71 Å². The third-order valence-electron chi connectivity index (χ3n) is 3.65. The Morgan fingerprint density at radius 2 is 1.96 bits per heavy atom. The van der Waals surface area contributed by atoms with Gasteiger partial charge >= 0.3 is 0 Å². The summed E-state index contributed by atoms with van der Waals surface area (Å²) in [5, 5.41) is 16.5. The van der Waals surface area contributed by atoms with Gasteiger partial charge in [0.15, 0.2) is 10.7 Å². The average Bonchev–Trinajstić information content (AvgIpc) is 3.19. The molecular formula is C19H15ClN4O2S. The summed E-state index contributed by atoms with van der Waals surface area (Å²) in [7, 11) is 3.17. The van der Waals surface area contributed by atoms with Gasteiger partial charge in [-0.1, -0.05) is 11.6 Å². The van der Waals surface area contributed by atoms with Gasteiger partial charge in [0.05, 0.1) is 25.6 Å². The van der Waals surface area contributed by atoms with E-state index in [0.29, 0.717) is 21.5 Å². The zero-order valence-corrected chi connectivity index (χ0v) is 16.1. The highest BCUT2D eigenvalue weighted by Crippen LogP contribution is 2.28. The number of hydrogen-bond acceptors (Lipinski definition) is 7. The molecule has 0 unspecified atom stereocenters. The van der Waals surface area contributed by atoms with Crippen molar-refractivity contribution in [2.75, 3.05) is 19.6 Å². The molecule has 0 bridgehead atoms. The molecule has 3 aromatic rings. The van der Waals surface area contributed by atoms with Crippen LogP contribution < -0.4 is 14.9 Å². The second-order valence-electron chi connectivity index (χ2n) is 5.30. The summed E-state index contributed by atoms with van der Waals surface area (Å²) in [5.41, 5.74) is 5.25. The Labute approximate surface area is 165 Å². The molecule has 27 heavy (non-hydrogen) atoms. The molecule has 0 spiro atoms. The molecule has 0 aliphatic heterocycles. The number of thiazole rings is 1. The molecule has 136 valence electrons. The second-order valence-corrected chi connectivity index (χ2v) is 6.59. The minimum Gasteiger partial charge on any atom is -0.497 e. The first-order valence-electron chi connectivity index (χ1n) is 7.82. The van der Waals surface area contributed by atoms with Crippen molar-refractivity contribution in [1.82, 2.24) is 4.98 Å². The van der Waals surface area contributed by atoms with Crippen molar-refractivity contribution in [3.8, 4) is 28.8 Å². The molecule has 0 saturated carbocycles. The molecule has 0 fully saturated rings. The van der Waals surface area contributed by atoms with Crippen molar-refractivity contribution in [1.29, 1.82) is 5.26 Å². The molecule has 0 aliphatic carbocycles. The maximum atomic E-state index is 9.46. The number of benzene rings is 2. The smallest absolute Gasteiger partial charge is 0.196 e. The van der Waals surface area contributed by atoms with Crippen LogP contribution in [0.5, 0.6) is 11.5 Å². The minimum absolute atomic E-state index is 0.168. The number of hydrazone groups is 1. The molecule has 1 N–H and O–H groups in total. The minimum atomic E-state index is 0.168. The van der Waals surface area contributed by atoms with E-state index in [1.807, 2.05) is 29.6 Å². The predicted octanol–water partition coefficient (Wildman–Crippen LogP) is 4.82. The topological polar surface area (TPSA) is 79.5 Å². The van der Waals surface area contributed by atoms with Gasteiger partial charge in [-0.25, -0.2) is 4.98 Å². The number of hydrogen-bond donors (Lipinski definition) is 1. The Bertz CT molecular complexity index is 1010. The van der Waals surface area contributed by atoms with Gasteiger partial charge in [0.25, 0.3) is 0 Å². The molecule has 1 aromatic heterocycles. The fraction of sp³-hybridized carbons (Fsp3) is 0.105. The van der Waals surface area contributed by atoms with Crippen LogP contribution in [0.3, 0.4) is 0 Å². The van der Waals surface area contributed by atoms with E-state index in [1.54, 1.807) is 32.4 Å². The highest BCUT2D eigenvalue weighted by atomic mass is 35.5. The Morgan fingerprint density at radius 3 is 2.63 bits per heavy atom. The number of anilines is 1. The zero-order chi connectivity index (χ0) is 19.2. The summed E-state index contributed by atoms with van der Waals surface area (Å²) in [5.74, 6) is 1.34. The van der Waals surface area contributed by atoms with Crippen LogP contribution in [0.15, 0.2) is 52.9 Å². The molecular weight excluding hydrogens is 384 g/mol. The summed E-state index contributed by atoms with van der Waals surface area (Å²) in [4.78, 5) is 4.51. The molecule has 8 heteroatoms. The van der Waals surface area contributed by atoms with Crippen molar-refractivity contribution in [2.24, 2.45) is 5.10 Å². The van der Waals surface area contributed by atoms with E-state index in [4.69, 9.17) is 21.1 Å². The molecule has 0 saturated heterocycles. The highest BCUT2D eigenvalue weighted by molar-refractivity contribution is 7.12. The first-order valence-corrected chi connectivity index (χ1v) is 9.08. The average molecular weight is 399 g/mol. The maximum Gasteiger partial charge on any atom is 0.196 e. The highest BCUT2D eigenvalue weighted by Gasteiger charge is 2.11. The monoisotopic (exact) mass is 398 g/mol. The van der Waals surface area contributed by atoms with Crippen LogP contribution in [0.2, 0.25) is 5.02 Å². The lowest BCUT2D eigenvalue weighted by Gasteiger charge is -2.07. The normalized spacial score (nSPS) is 11.0. The van der Waals surface area contributed by atoms with Gasteiger partial charge in [-0.3, -0.25) is 5.43 Å². The maximum absolute atomic E-state index is 9.46. The van der Waals surface area contributed by atoms with Crippen molar-refractivity contribution in [2.45, 2.75) is 0 Å². The van der Waals surface area contributed by atoms with Gasteiger partial charge in [0.2, 0.25) is 0 Å². The van der Waals surface area contributed by atoms with Gasteiger partial charge in [-0.2, -0.15) is 10.4 Å². The molecule has 1 heterocycles. The summed E-state index contributed by atoms with van der Waals surface area (Å²) < 4.78 is 10.4. The van der Waals surface area contributed by atoms with Crippen molar-refractivity contribution >= 4 is 34.3 Å². The molecule has 0 aliphatic rings. The lowest BCUT2D eigenvalue weighted by atomic mass is 10.2. The van der Waals surface area contributed by atoms with E-state index in [2.05, 4.69) is 21.6 Å². The van der Waals surface area contributed by atoms with Crippen molar-refractivity contribution < 1.29 is 9.47 Å². The fourth-order valence-corrected chi connectivity index (χ4v) is 3.22. The molecule has 3 rings (SSSR count). The van der Waals surface area contributed by atoms with E-state index in [9.17, 15) is 5.26 Å². The SMILES string of the molecule is COc1ccc(-c2csc(C(C#N)=NNc3cc(Cl)ccc3OC)n2)cc1. The molecule has 0 atom stereocenters. The van der Waals surface area contributed by atoms with E-state index in [1.165, 1.54) is 11.3 Å². The standard InChI is InChI=1S/C19H15ClN4O2S/c1-25-14-6-3-12(4-7-14)17-11-27-19(22-17)16(10-21)24-23-15-9-13(20)5-8-18(15)26-2/h3-9,11,23H,1-2H3. The van der Waals surface area contributed by atoms with Crippen LogP contribution in [0.1, 0.15) is 5.01 Å². The van der Waals surface area contributed by atoms with Crippen molar-refractivity contribution in [3.05, 3.63) is 57.9 Å². The summed E-state index contributed by atoms with van der Waals surface area (Å²) in [6.07, 6.45) is 0. The summed E-state index contributed by atoms with van der Waals surface area (Å²) in [6, 6.07) is 14.7. The lowest BCUT2D eigenvalue weighted by Crippen LogP contribution is -2.02. The second kappa shape index (κ2) is 8.54. The first-order chi connectivity index (χ1) is 13.1. The fourth-order valence-electron chi connectivity index (χ4n) is 2.28. The summed E-state index contributed by atoms with van der Waals surface area (Å²) >= 11 is 7.35. The van der Waals surface area contributed by atoms with E-state index < -0.39 is 0 Å². The third-order valence-corrected chi connectivity index (χ3v) is 4.73. The van der Waals surface area contributed by atoms with E-state index in [0.717, 1.165) is 17.0 Å².